The number of rotatable bonds is 3. The summed E-state index contributed by atoms with van der Waals surface area (Å²) in [7, 11) is 0. The number of aromatic nitrogens is 1. The SMILES string of the molecule is NNc1ncc(Br)cc1C(=O)Nc1c(F)cc(F)cc1Cl. The van der Waals surface area contributed by atoms with Crippen LogP contribution in [0.25, 0.3) is 0 Å². The number of nitrogens with zero attached hydrogens (tertiary/aromatic N) is 1. The van der Waals surface area contributed by atoms with Gasteiger partial charge in [-0.15, -0.1) is 0 Å². The van der Waals surface area contributed by atoms with E-state index in [-0.39, 0.29) is 22.1 Å². The maximum Gasteiger partial charge on any atom is 0.259 e. The summed E-state index contributed by atoms with van der Waals surface area (Å²) in [5.41, 5.74) is 1.98. The molecule has 1 aromatic heterocycles. The lowest BCUT2D eigenvalue weighted by Crippen LogP contribution is -2.19. The van der Waals surface area contributed by atoms with Gasteiger partial charge in [0.15, 0.2) is 11.6 Å². The van der Waals surface area contributed by atoms with E-state index in [1.165, 1.54) is 12.3 Å². The number of hydrogen-bond acceptors (Lipinski definition) is 4. The molecule has 1 aromatic carbocycles. The smallest absolute Gasteiger partial charge is 0.259 e. The number of benzene rings is 1. The highest BCUT2D eigenvalue weighted by Gasteiger charge is 2.17. The quantitative estimate of drug-likeness (QED) is 0.566. The number of carbonyl (C=O) groups is 1. The number of amides is 1. The van der Waals surface area contributed by atoms with Gasteiger partial charge in [-0.05, 0) is 28.1 Å². The average molecular weight is 378 g/mol. The van der Waals surface area contributed by atoms with Gasteiger partial charge in [0.25, 0.3) is 5.91 Å². The van der Waals surface area contributed by atoms with Gasteiger partial charge in [-0.2, -0.15) is 0 Å². The summed E-state index contributed by atoms with van der Waals surface area (Å²) in [4.78, 5) is 16.0. The first-order valence-corrected chi connectivity index (χ1v) is 6.67. The summed E-state index contributed by atoms with van der Waals surface area (Å²) >= 11 is 8.87. The number of hydrogen-bond donors (Lipinski definition) is 3. The number of nitrogen functional groups attached to an aromatic ring is 1. The van der Waals surface area contributed by atoms with Crippen molar-refractivity contribution in [2.45, 2.75) is 0 Å². The Balaban J connectivity index is 2.37. The van der Waals surface area contributed by atoms with Gasteiger partial charge in [0, 0.05) is 16.7 Å². The first-order valence-electron chi connectivity index (χ1n) is 5.50. The molecular formula is C12H8BrClF2N4O. The molecule has 2 rings (SSSR count). The zero-order valence-electron chi connectivity index (χ0n) is 10.3. The minimum absolute atomic E-state index is 0.0617. The topological polar surface area (TPSA) is 80.0 Å². The molecular weight excluding hydrogens is 370 g/mol. The fourth-order valence-electron chi connectivity index (χ4n) is 1.57. The lowest BCUT2D eigenvalue weighted by molar-refractivity contribution is 0.102. The van der Waals surface area contributed by atoms with Crippen LogP contribution in [0.3, 0.4) is 0 Å². The van der Waals surface area contributed by atoms with Crippen molar-refractivity contribution >= 4 is 44.9 Å². The molecule has 0 radical (unpaired) electrons. The zero-order chi connectivity index (χ0) is 15.6. The van der Waals surface area contributed by atoms with Gasteiger partial charge in [0.05, 0.1) is 16.3 Å². The van der Waals surface area contributed by atoms with E-state index in [4.69, 9.17) is 17.4 Å². The number of hydrazine groups is 1. The third kappa shape index (κ3) is 3.46. The Morgan fingerprint density at radius 3 is 2.67 bits per heavy atom. The fraction of sp³-hybridized carbons (Fsp3) is 0. The minimum atomic E-state index is -0.987. The van der Waals surface area contributed by atoms with Gasteiger partial charge < -0.3 is 10.7 Å². The van der Waals surface area contributed by atoms with Crippen LogP contribution in [0.1, 0.15) is 10.4 Å². The number of anilines is 2. The molecule has 0 bridgehead atoms. The summed E-state index contributed by atoms with van der Waals surface area (Å²) in [6, 6.07) is 2.94. The summed E-state index contributed by atoms with van der Waals surface area (Å²) < 4.78 is 27.1. The Hall–Kier alpha value is -1.77. The Morgan fingerprint density at radius 2 is 2.05 bits per heavy atom. The molecule has 0 fully saturated rings. The highest BCUT2D eigenvalue weighted by Crippen LogP contribution is 2.27. The molecule has 0 saturated carbocycles. The van der Waals surface area contributed by atoms with E-state index in [2.05, 4.69) is 31.7 Å². The van der Waals surface area contributed by atoms with Crippen molar-refractivity contribution in [3.63, 3.8) is 0 Å². The van der Waals surface area contributed by atoms with Gasteiger partial charge in [0.1, 0.15) is 5.82 Å². The lowest BCUT2D eigenvalue weighted by atomic mass is 10.2. The minimum Gasteiger partial charge on any atom is -0.318 e. The lowest BCUT2D eigenvalue weighted by Gasteiger charge is -2.11. The van der Waals surface area contributed by atoms with E-state index >= 15 is 0 Å². The second-order valence-corrected chi connectivity index (χ2v) is 5.22. The molecule has 0 unspecified atom stereocenters. The van der Waals surface area contributed by atoms with Crippen LogP contribution in [0.5, 0.6) is 0 Å². The summed E-state index contributed by atoms with van der Waals surface area (Å²) in [6.45, 7) is 0. The van der Waals surface area contributed by atoms with Gasteiger partial charge in [0.2, 0.25) is 0 Å². The van der Waals surface area contributed by atoms with Crippen molar-refractivity contribution in [3.8, 4) is 0 Å². The van der Waals surface area contributed by atoms with Gasteiger partial charge >= 0.3 is 0 Å². The maximum atomic E-state index is 13.6. The molecule has 0 aliphatic rings. The molecule has 0 spiro atoms. The summed E-state index contributed by atoms with van der Waals surface area (Å²) in [5.74, 6) is 2.81. The number of nitrogens with two attached hydrogens (primary N) is 1. The molecule has 0 aliphatic carbocycles. The molecule has 9 heteroatoms. The van der Waals surface area contributed by atoms with Crippen molar-refractivity contribution in [2.24, 2.45) is 5.84 Å². The first-order chi connectivity index (χ1) is 9.92. The molecule has 0 saturated heterocycles. The monoisotopic (exact) mass is 376 g/mol. The highest BCUT2D eigenvalue weighted by molar-refractivity contribution is 9.10. The molecule has 21 heavy (non-hydrogen) atoms. The Bertz CT molecular complexity index is 691. The number of halogens is 4. The fourth-order valence-corrected chi connectivity index (χ4v) is 2.14. The van der Waals surface area contributed by atoms with E-state index in [0.29, 0.717) is 10.5 Å². The second kappa shape index (κ2) is 6.33. The van der Waals surface area contributed by atoms with Crippen LogP contribution in [-0.4, -0.2) is 10.9 Å². The standard InChI is InChI=1S/C12H8BrClF2N4O/c13-5-1-7(11(20-17)18-4-5)12(21)19-10-8(14)2-6(15)3-9(10)16/h1-4H,17H2,(H,18,20)(H,19,21). The summed E-state index contributed by atoms with van der Waals surface area (Å²) in [5, 5.41) is 2.00. The van der Waals surface area contributed by atoms with E-state index < -0.39 is 17.5 Å². The third-order valence-electron chi connectivity index (χ3n) is 2.48. The zero-order valence-corrected chi connectivity index (χ0v) is 12.6. The normalized spacial score (nSPS) is 10.3. The van der Waals surface area contributed by atoms with E-state index in [0.717, 1.165) is 6.07 Å². The molecule has 110 valence electrons. The average Bonchev–Trinajstić information content (AvgIpc) is 2.42. The molecule has 2 aromatic rings. The largest absolute Gasteiger partial charge is 0.318 e. The first kappa shape index (κ1) is 15.6. The maximum absolute atomic E-state index is 13.6. The van der Waals surface area contributed by atoms with Crippen molar-refractivity contribution in [3.05, 3.63) is 51.1 Å². The number of nitrogens with one attached hydrogen (secondary N) is 2. The van der Waals surface area contributed by atoms with E-state index in [1.807, 2.05) is 0 Å². The predicted molar refractivity (Wildman–Crippen MR) is 79.1 cm³/mol. The molecule has 1 amide bonds. The van der Waals surface area contributed by atoms with E-state index in [1.54, 1.807) is 0 Å². The Labute approximate surface area is 131 Å². The third-order valence-corrected chi connectivity index (χ3v) is 3.21. The van der Waals surface area contributed by atoms with Crippen molar-refractivity contribution in [1.29, 1.82) is 0 Å². The van der Waals surface area contributed by atoms with Crippen molar-refractivity contribution < 1.29 is 13.6 Å². The van der Waals surface area contributed by atoms with Gasteiger partial charge in [-0.3, -0.25) is 4.79 Å². The van der Waals surface area contributed by atoms with Crippen LogP contribution in [0.2, 0.25) is 5.02 Å². The summed E-state index contributed by atoms with van der Waals surface area (Å²) in [6.07, 6.45) is 1.43. The highest BCUT2D eigenvalue weighted by atomic mass is 79.9. The number of pyridine rings is 1. The van der Waals surface area contributed by atoms with E-state index in [9.17, 15) is 13.6 Å². The Morgan fingerprint density at radius 1 is 1.33 bits per heavy atom. The molecule has 0 aliphatic heterocycles. The van der Waals surface area contributed by atoms with Crippen molar-refractivity contribution in [2.75, 3.05) is 10.7 Å². The van der Waals surface area contributed by atoms with Crippen molar-refractivity contribution in [1.82, 2.24) is 4.98 Å². The second-order valence-electron chi connectivity index (χ2n) is 3.89. The van der Waals surface area contributed by atoms with Gasteiger partial charge in [-0.25, -0.2) is 19.6 Å². The molecule has 5 nitrogen and oxygen atoms in total. The van der Waals surface area contributed by atoms with Crippen LogP contribution < -0.4 is 16.6 Å². The molecule has 0 atom stereocenters. The predicted octanol–water partition coefficient (Wildman–Crippen LogP) is 3.31. The molecule has 1 heterocycles. The van der Waals surface area contributed by atoms with Crippen LogP contribution in [0, 0.1) is 11.6 Å². The van der Waals surface area contributed by atoms with Crippen LogP contribution >= 0.6 is 27.5 Å². The van der Waals surface area contributed by atoms with Crippen LogP contribution in [0.4, 0.5) is 20.3 Å². The van der Waals surface area contributed by atoms with Crippen LogP contribution in [-0.2, 0) is 0 Å². The number of carbonyl (C=O) groups excluding carboxylic acids is 1. The Kier molecular flexibility index (Phi) is 4.71. The van der Waals surface area contributed by atoms with Crippen LogP contribution in [0.15, 0.2) is 28.9 Å². The molecule has 4 N–H and O–H groups in total. The van der Waals surface area contributed by atoms with Gasteiger partial charge in [-0.1, -0.05) is 11.6 Å².